The van der Waals surface area contributed by atoms with Crippen LogP contribution < -0.4 is 5.32 Å². The lowest BCUT2D eigenvalue weighted by molar-refractivity contribution is -0.140. The molecular formula is C21H23NO5. The zero-order valence-corrected chi connectivity index (χ0v) is 15.1. The van der Waals surface area contributed by atoms with Crippen molar-refractivity contribution in [3.05, 3.63) is 59.7 Å². The Morgan fingerprint density at radius 1 is 0.926 bits per heavy atom. The first-order valence-corrected chi connectivity index (χ1v) is 8.72. The first kappa shape index (κ1) is 20.2. The Kier molecular flexibility index (Phi) is 7.11. The SMILES string of the molecule is Cc1cccc(-c2ccc(CC(CC(=O)O)NC(=O)CCC(=O)O)cc2)c1. The van der Waals surface area contributed by atoms with Crippen molar-refractivity contribution < 1.29 is 24.6 Å². The standard InChI is InChI=1S/C21H23NO5/c1-14-3-2-4-17(11-14)16-7-5-15(6-8-16)12-18(13-21(26)27)22-19(23)9-10-20(24)25/h2-8,11,18H,9-10,12-13H2,1H3,(H,22,23)(H,24,25)(H,26,27). The molecule has 0 bridgehead atoms. The molecule has 0 aromatic heterocycles. The molecule has 3 N–H and O–H groups in total. The lowest BCUT2D eigenvalue weighted by atomic mass is 9.98. The predicted octanol–water partition coefficient (Wildman–Crippen LogP) is 3.03. The van der Waals surface area contributed by atoms with Crippen molar-refractivity contribution in [3.63, 3.8) is 0 Å². The number of carbonyl (C=O) groups is 3. The summed E-state index contributed by atoms with van der Waals surface area (Å²) in [5.74, 6) is -2.54. The minimum atomic E-state index is -1.06. The molecule has 1 atom stereocenters. The molecule has 0 aliphatic heterocycles. The van der Waals surface area contributed by atoms with Gasteiger partial charge in [0.2, 0.25) is 5.91 Å². The van der Waals surface area contributed by atoms with Gasteiger partial charge >= 0.3 is 11.9 Å². The molecule has 0 aliphatic rings. The number of carbonyl (C=O) groups excluding carboxylic acids is 1. The molecule has 1 amide bonds. The second-order valence-corrected chi connectivity index (χ2v) is 6.53. The lowest BCUT2D eigenvalue weighted by Crippen LogP contribution is -2.38. The molecule has 0 saturated heterocycles. The molecule has 0 heterocycles. The van der Waals surface area contributed by atoms with E-state index in [0.29, 0.717) is 6.42 Å². The molecule has 0 radical (unpaired) electrons. The van der Waals surface area contributed by atoms with Gasteiger partial charge in [0.25, 0.3) is 0 Å². The Hall–Kier alpha value is -3.15. The molecule has 2 aromatic carbocycles. The molecule has 0 saturated carbocycles. The van der Waals surface area contributed by atoms with Crippen LogP contribution in [0.25, 0.3) is 11.1 Å². The highest BCUT2D eigenvalue weighted by Gasteiger charge is 2.17. The summed E-state index contributed by atoms with van der Waals surface area (Å²) in [7, 11) is 0. The van der Waals surface area contributed by atoms with Crippen molar-refractivity contribution in [3.8, 4) is 11.1 Å². The minimum absolute atomic E-state index is 0.169. The molecular weight excluding hydrogens is 346 g/mol. The van der Waals surface area contributed by atoms with E-state index in [4.69, 9.17) is 10.2 Å². The summed E-state index contributed by atoms with van der Waals surface area (Å²) >= 11 is 0. The molecule has 27 heavy (non-hydrogen) atoms. The maximum absolute atomic E-state index is 11.8. The van der Waals surface area contributed by atoms with Gasteiger partial charge in [-0.1, -0.05) is 54.1 Å². The van der Waals surface area contributed by atoms with Gasteiger partial charge in [0.05, 0.1) is 12.8 Å². The first-order chi connectivity index (χ1) is 12.8. The maximum atomic E-state index is 11.8. The van der Waals surface area contributed by atoms with Crippen molar-refractivity contribution in [1.29, 1.82) is 0 Å². The van der Waals surface area contributed by atoms with E-state index < -0.39 is 23.9 Å². The smallest absolute Gasteiger partial charge is 0.305 e. The third kappa shape index (κ3) is 6.93. The van der Waals surface area contributed by atoms with E-state index in [2.05, 4.69) is 11.4 Å². The molecule has 1 unspecified atom stereocenters. The van der Waals surface area contributed by atoms with Crippen LogP contribution in [-0.4, -0.2) is 34.1 Å². The van der Waals surface area contributed by atoms with Gasteiger partial charge in [0.15, 0.2) is 0 Å². The van der Waals surface area contributed by atoms with Crippen LogP contribution in [0.1, 0.15) is 30.4 Å². The predicted molar refractivity (Wildman–Crippen MR) is 101 cm³/mol. The fourth-order valence-electron chi connectivity index (χ4n) is 2.85. The number of amides is 1. The van der Waals surface area contributed by atoms with Crippen molar-refractivity contribution in [2.45, 2.75) is 38.6 Å². The molecule has 0 fully saturated rings. The summed E-state index contributed by atoms with van der Waals surface area (Å²) < 4.78 is 0. The molecule has 2 aromatic rings. The van der Waals surface area contributed by atoms with Crippen LogP contribution in [0, 0.1) is 6.92 Å². The van der Waals surface area contributed by atoms with Crippen molar-refractivity contribution in [1.82, 2.24) is 5.32 Å². The molecule has 142 valence electrons. The van der Waals surface area contributed by atoms with E-state index in [0.717, 1.165) is 16.7 Å². The molecule has 0 aliphatic carbocycles. The minimum Gasteiger partial charge on any atom is -0.481 e. The average Bonchev–Trinajstić information content (AvgIpc) is 2.60. The van der Waals surface area contributed by atoms with Gasteiger partial charge in [-0.05, 0) is 30.0 Å². The van der Waals surface area contributed by atoms with E-state index in [1.54, 1.807) is 0 Å². The highest BCUT2D eigenvalue weighted by atomic mass is 16.4. The van der Waals surface area contributed by atoms with E-state index in [9.17, 15) is 14.4 Å². The number of aliphatic carboxylic acids is 2. The largest absolute Gasteiger partial charge is 0.481 e. The zero-order chi connectivity index (χ0) is 19.8. The number of carboxylic acid groups (broad SMARTS) is 2. The van der Waals surface area contributed by atoms with Gasteiger partial charge in [0.1, 0.15) is 0 Å². The van der Waals surface area contributed by atoms with Gasteiger partial charge in [-0.25, -0.2) is 0 Å². The van der Waals surface area contributed by atoms with E-state index in [-0.39, 0.29) is 19.3 Å². The number of aryl methyl sites for hydroxylation is 1. The van der Waals surface area contributed by atoms with Gasteiger partial charge in [-0.3, -0.25) is 14.4 Å². The Morgan fingerprint density at radius 2 is 1.63 bits per heavy atom. The Balaban J connectivity index is 2.04. The highest BCUT2D eigenvalue weighted by molar-refractivity contribution is 5.81. The van der Waals surface area contributed by atoms with Crippen LogP contribution in [0.5, 0.6) is 0 Å². The Labute approximate surface area is 157 Å². The topological polar surface area (TPSA) is 104 Å². The number of hydrogen-bond acceptors (Lipinski definition) is 3. The number of rotatable bonds is 9. The quantitative estimate of drug-likeness (QED) is 0.630. The summed E-state index contributed by atoms with van der Waals surface area (Å²) in [4.78, 5) is 33.5. The maximum Gasteiger partial charge on any atom is 0.305 e. The lowest BCUT2D eigenvalue weighted by Gasteiger charge is -2.17. The number of nitrogens with one attached hydrogen (secondary N) is 1. The summed E-state index contributed by atoms with van der Waals surface area (Å²) in [5, 5.41) is 20.3. The molecule has 2 rings (SSSR count). The van der Waals surface area contributed by atoms with E-state index in [1.165, 1.54) is 5.56 Å². The van der Waals surface area contributed by atoms with Crippen LogP contribution in [0.4, 0.5) is 0 Å². The van der Waals surface area contributed by atoms with Crippen molar-refractivity contribution in [2.24, 2.45) is 0 Å². The number of carboxylic acids is 2. The van der Waals surface area contributed by atoms with Crippen LogP contribution in [0.2, 0.25) is 0 Å². The van der Waals surface area contributed by atoms with Crippen molar-refractivity contribution >= 4 is 17.8 Å². The van der Waals surface area contributed by atoms with Crippen LogP contribution in [0.15, 0.2) is 48.5 Å². The highest BCUT2D eigenvalue weighted by Crippen LogP contribution is 2.21. The zero-order valence-electron chi connectivity index (χ0n) is 15.1. The molecule has 0 spiro atoms. The van der Waals surface area contributed by atoms with Gasteiger partial charge < -0.3 is 15.5 Å². The summed E-state index contributed by atoms with van der Waals surface area (Å²) in [6, 6.07) is 15.3. The third-order valence-corrected chi connectivity index (χ3v) is 4.14. The van der Waals surface area contributed by atoms with Gasteiger partial charge in [-0.15, -0.1) is 0 Å². The number of hydrogen-bond donors (Lipinski definition) is 3. The third-order valence-electron chi connectivity index (χ3n) is 4.14. The second kappa shape index (κ2) is 9.52. The van der Waals surface area contributed by atoms with Gasteiger partial charge in [0, 0.05) is 12.5 Å². The summed E-state index contributed by atoms with van der Waals surface area (Å²) in [5.41, 5.74) is 4.23. The summed E-state index contributed by atoms with van der Waals surface area (Å²) in [6.07, 6.45) is -0.313. The Morgan fingerprint density at radius 3 is 2.22 bits per heavy atom. The molecule has 6 heteroatoms. The van der Waals surface area contributed by atoms with Crippen LogP contribution in [0.3, 0.4) is 0 Å². The monoisotopic (exact) mass is 369 g/mol. The van der Waals surface area contributed by atoms with E-state index >= 15 is 0 Å². The fraction of sp³-hybridized carbons (Fsp3) is 0.286. The molecule has 6 nitrogen and oxygen atoms in total. The van der Waals surface area contributed by atoms with Crippen LogP contribution in [-0.2, 0) is 20.8 Å². The van der Waals surface area contributed by atoms with Gasteiger partial charge in [-0.2, -0.15) is 0 Å². The van der Waals surface area contributed by atoms with Crippen molar-refractivity contribution in [2.75, 3.05) is 0 Å². The summed E-state index contributed by atoms with van der Waals surface area (Å²) in [6.45, 7) is 2.03. The van der Waals surface area contributed by atoms with Crippen LogP contribution >= 0.6 is 0 Å². The normalized spacial score (nSPS) is 11.6. The number of benzene rings is 2. The average molecular weight is 369 g/mol. The van der Waals surface area contributed by atoms with E-state index in [1.807, 2.05) is 49.4 Å². The Bertz CT molecular complexity index is 814. The first-order valence-electron chi connectivity index (χ1n) is 8.72. The fourth-order valence-corrected chi connectivity index (χ4v) is 2.85. The second-order valence-electron chi connectivity index (χ2n) is 6.53.